The molecule has 2 rings (SSSR count). The number of benzene rings is 1. The Labute approximate surface area is 134 Å². The average molecular weight is 356 g/mol. The fourth-order valence-corrected chi connectivity index (χ4v) is 3.06. The molecule has 1 N–H and O–H groups in total. The zero-order chi connectivity index (χ0) is 15.2. The monoisotopic (exact) mass is 355 g/mol. The Morgan fingerprint density at radius 2 is 2.14 bits per heavy atom. The van der Waals surface area contributed by atoms with E-state index in [2.05, 4.69) is 15.9 Å². The number of nitrogens with zero attached hydrogens (tertiary/aromatic N) is 1. The third-order valence-electron chi connectivity index (χ3n) is 4.12. The normalized spacial score (nSPS) is 16.0. The first kappa shape index (κ1) is 16.1. The Kier molecular flexibility index (Phi) is 5.91. The summed E-state index contributed by atoms with van der Waals surface area (Å²) in [5, 5.41) is 8.92. The fourth-order valence-electron chi connectivity index (χ4n) is 2.71. The molecule has 4 nitrogen and oxygen atoms in total. The Morgan fingerprint density at radius 1 is 1.43 bits per heavy atom. The maximum absolute atomic E-state index is 10.8. The fraction of sp³-hybridized carbons (Fsp3) is 0.562. The number of hydrogen-bond donors (Lipinski definition) is 1. The Hall–Kier alpha value is -1.23. The minimum Gasteiger partial charge on any atom is -0.493 e. The van der Waals surface area contributed by atoms with Crippen LogP contribution in [0.1, 0.15) is 31.2 Å². The molecule has 1 aromatic carbocycles. The Bertz CT molecular complexity index is 484. The smallest absolute Gasteiger partial charge is 0.407 e. The summed E-state index contributed by atoms with van der Waals surface area (Å²) in [7, 11) is 0. The van der Waals surface area contributed by atoms with Crippen LogP contribution in [0.25, 0.3) is 0 Å². The summed E-state index contributed by atoms with van der Waals surface area (Å²) in [6, 6.07) is 5.98. The second kappa shape index (κ2) is 7.69. The van der Waals surface area contributed by atoms with E-state index in [1.165, 1.54) is 4.90 Å². The first-order valence-corrected chi connectivity index (χ1v) is 8.23. The Balaban J connectivity index is 1.67. The number of carboxylic acid groups (broad SMARTS) is 1. The molecule has 0 bridgehead atoms. The molecule has 1 aliphatic rings. The first-order chi connectivity index (χ1) is 10.1. The lowest BCUT2D eigenvalue weighted by Gasteiger charge is -2.29. The molecular formula is C16H22BrNO3. The van der Waals surface area contributed by atoms with E-state index in [9.17, 15) is 4.79 Å². The quantitative estimate of drug-likeness (QED) is 0.800. The molecule has 0 atom stereocenters. The predicted octanol–water partition coefficient (Wildman–Crippen LogP) is 4.31. The lowest BCUT2D eigenvalue weighted by atomic mass is 9.92. The molecule has 0 radical (unpaired) electrons. The molecular weight excluding hydrogens is 334 g/mol. The third kappa shape index (κ3) is 4.63. The maximum atomic E-state index is 10.8. The van der Waals surface area contributed by atoms with Crippen molar-refractivity contribution in [2.75, 3.05) is 19.7 Å². The van der Waals surface area contributed by atoms with Gasteiger partial charge in [0.2, 0.25) is 0 Å². The van der Waals surface area contributed by atoms with Gasteiger partial charge in [0.25, 0.3) is 0 Å². The second-order valence-corrected chi connectivity index (χ2v) is 6.42. The number of carbonyl (C=O) groups is 1. The highest BCUT2D eigenvalue weighted by Gasteiger charge is 2.21. The van der Waals surface area contributed by atoms with Crippen LogP contribution in [0.3, 0.4) is 0 Å². The number of rotatable bonds is 5. The van der Waals surface area contributed by atoms with Crippen LogP contribution in [0.4, 0.5) is 4.79 Å². The zero-order valence-electron chi connectivity index (χ0n) is 12.3. The molecule has 0 aliphatic carbocycles. The van der Waals surface area contributed by atoms with Crippen molar-refractivity contribution in [3.05, 3.63) is 28.2 Å². The van der Waals surface area contributed by atoms with Crippen molar-refractivity contribution in [1.82, 2.24) is 4.90 Å². The van der Waals surface area contributed by atoms with Gasteiger partial charge in [-0.1, -0.05) is 22.0 Å². The molecule has 1 amide bonds. The van der Waals surface area contributed by atoms with Gasteiger partial charge < -0.3 is 14.7 Å². The molecule has 116 valence electrons. The maximum Gasteiger partial charge on any atom is 0.407 e. The summed E-state index contributed by atoms with van der Waals surface area (Å²) in [4.78, 5) is 12.4. The molecule has 0 unspecified atom stereocenters. The predicted molar refractivity (Wildman–Crippen MR) is 85.9 cm³/mol. The van der Waals surface area contributed by atoms with E-state index in [0.717, 1.165) is 48.1 Å². The molecule has 1 aromatic rings. The van der Waals surface area contributed by atoms with Crippen molar-refractivity contribution in [2.45, 2.75) is 32.6 Å². The largest absolute Gasteiger partial charge is 0.493 e. The number of halogens is 1. The van der Waals surface area contributed by atoms with Gasteiger partial charge in [-0.2, -0.15) is 0 Å². The van der Waals surface area contributed by atoms with Crippen molar-refractivity contribution in [2.24, 2.45) is 5.92 Å². The summed E-state index contributed by atoms with van der Waals surface area (Å²) < 4.78 is 6.90. The second-order valence-electron chi connectivity index (χ2n) is 5.57. The summed E-state index contributed by atoms with van der Waals surface area (Å²) in [5.74, 6) is 1.57. The van der Waals surface area contributed by atoms with Crippen molar-refractivity contribution in [3.8, 4) is 5.75 Å². The molecule has 0 aromatic heterocycles. The van der Waals surface area contributed by atoms with Crippen LogP contribution < -0.4 is 4.74 Å². The topological polar surface area (TPSA) is 49.8 Å². The van der Waals surface area contributed by atoms with Gasteiger partial charge in [-0.05, 0) is 50.7 Å². The van der Waals surface area contributed by atoms with Crippen LogP contribution in [0, 0.1) is 12.8 Å². The molecule has 0 spiro atoms. The van der Waals surface area contributed by atoms with Crippen LogP contribution in [0.2, 0.25) is 0 Å². The van der Waals surface area contributed by atoms with Crippen molar-refractivity contribution >= 4 is 22.0 Å². The van der Waals surface area contributed by atoms with E-state index in [1.54, 1.807) is 0 Å². The van der Waals surface area contributed by atoms with Gasteiger partial charge in [0.1, 0.15) is 5.75 Å². The summed E-state index contributed by atoms with van der Waals surface area (Å²) in [6.07, 6.45) is 3.29. The van der Waals surface area contributed by atoms with Crippen LogP contribution in [-0.4, -0.2) is 35.8 Å². The highest BCUT2D eigenvalue weighted by Crippen LogP contribution is 2.26. The van der Waals surface area contributed by atoms with Crippen LogP contribution in [-0.2, 0) is 0 Å². The van der Waals surface area contributed by atoms with E-state index in [-0.39, 0.29) is 0 Å². The zero-order valence-corrected chi connectivity index (χ0v) is 13.9. The number of amides is 1. The summed E-state index contributed by atoms with van der Waals surface area (Å²) >= 11 is 3.50. The van der Waals surface area contributed by atoms with Gasteiger partial charge in [0.05, 0.1) is 6.61 Å². The van der Waals surface area contributed by atoms with Crippen molar-refractivity contribution in [1.29, 1.82) is 0 Å². The molecule has 21 heavy (non-hydrogen) atoms. The van der Waals surface area contributed by atoms with E-state index in [1.807, 2.05) is 25.1 Å². The first-order valence-electron chi connectivity index (χ1n) is 7.43. The molecule has 1 aliphatic heterocycles. The number of likely N-dealkylation sites (tertiary alicyclic amines) is 1. The molecule has 1 saturated heterocycles. The van der Waals surface area contributed by atoms with Crippen LogP contribution in [0.5, 0.6) is 5.75 Å². The van der Waals surface area contributed by atoms with Gasteiger partial charge in [-0.25, -0.2) is 4.79 Å². The standard InChI is InChI=1S/C16H22BrNO3/c1-12-14(17)5-2-6-15(12)21-11-3-4-13-7-9-18(10-8-13)16(19)20/h2,5-6,13H,3-4,7-11H2,1H3,(H,19,20). The highest BCUT2D eigenvalue weighted by molar-refractivity contribution is 9.10. The van der Waals surface area contributed by atoms with E-state index >= 15 is 0 Å². The number of ether oxygens (including phenoxy) is 1. The van der Waals surface area contributed by atoms with E-state index in [0.29, 0.717) is 19.0 Å². The molecule has 1 fully saturated rings. The lowest BCUT2D eigenvalue weighted by Crippen LogP contribution is -2.37. The Morgan fingerprint density at radius 3 is 2.81 bits per heavy atom. The van der Waals surface area contributed by atoms with Crippen molar-refractivity contribution < 1.29 is 14.6 Å². The summed E-state index contributed by atoms with van der Waals surface area (Å²) in [6.45, 7) is 4.11. The van der Waals surface area contributed by atoms with Gasteiger partial charge in [0.15, 0.2) is 0 Å². The lowest BCUT2D eigenvalue weighted by molar-refractivity contribution is 0.121. The minimum atomic E-state index is -0.790. The molecule has 5 heteroatoms. The van der Waals surface area contributed by atoms with Gasteiger partial charge >= 0.3 is 6.09 Å². The number of piperidine rings is 1. The molecule has 1 heterocycles. The van der Waals surface area contributed by atoms with Gasteiger partial charge in [0, 0.05) is 23.1 Å². The minimum absolute atomic E-state index is 0.632. The number of hydrogen-bond acceptors (Lipinski definition) is 2. The van der Waals surface area contributed by atoms with E-state index in [4.69, 9.17) is 9.84 Å². The molecule has 0 saturated carbocycles. The van der Waals surface area contributed by atoms with Crippen LogP contribution >= 0.6 is 15.9 Å². The SMILES string of the molecule is Cc1c(Br)cccc1OCCCC1CCN(C(=O)O)CC1. The highest BCUT2D eigenvalue weighted by atomic mass is 79.9. The van der Waals surface area contributed by atoms with Gasteiger partial charge in [-0.3, -0.25) is 0 Å². The van der Waals surface area contributed by atoms with E-state index < -0.39 is 6.09 Å². The average Bonchev–Trinajstić information content (AvgIpc) is 2.48. The third-order valence-corrected chi connectivity index (χ3v) is 4.98. The van der Waals surface area contributed by atoms with Crippen molar-refractivity contribution in [3.63, 3.8) is 0 Å². The van der Waals surface area contributed by atoms with Gasteiger partial charge in [-0.15, -0.1) is 0 Å². The summed E-state index contributed by atoms with van der Waals surface area (Å²) in [5.41, 5.74) is 1.13. The van der Waals surface area contributed by atoms with Crippen LogP contribution in [0.15, 0.2) is 22.7 Å².